The van der Waals surface area contributed by atoms with Gasteiger partial charge in [-0.1, -0.05) is 40.0 Å². The molecule has 1 unspecified atom stereocenters. The topological polar surface area (TPSA) is 66.9 Å². The molecule has 21 heavy (non-hydrogen) atoms. The summed E-state index contributed by atoms with van der Waals surface area (Å²) in [5.41, 5.74) is 0.376. The SMILES string of the molecule is CCCCC(CC)CNC(=O)c1cncc(NCCC)n1. The molecule has 1 heterocycles. The first kappa shape index (κ1) is 17.4. The van der Waals surface area contributed by atoms with Crippen LogP contribution in [0.4, 0.5) is 5.82 Å². The Morgan fingerprint density at radius 3 is 2.71 bits per heavy atom. The molecule has 0 saturated heterocycles. The summed E-state index contributed by atoms with van der Waals surface area (Å²) in [6.07, 6.45) is 8.82. The van der Waals surface area contributed by atoms with E-state index in [9.17, 15) is 4.79 Å². The van der Waals surface area contributed by atoms with Crippen LogP contribution >= 0.6 is 0 Å². The van der Waals surface area contributed by atoms with E-state index in [1.165, 1.54) is 19.0 Å². The minimum Gasteiger partial charge on any atom is -0.369 e. The average molecular weight is 292 g/mol. The van der Waals surface area contributed by atoms with Gasteiger partial charge in [0, 0.05) is 13.1 Å². The number of amides is 1. The van der Waals surface area contributed by atoms with Crippen molar-refractivity contribution in [2.24, 2.45) is 5.92 Å². The molecule has 0 spiro atoms. The van der Waals surface area contributed by atoms with Crippen molar-refractivity contribution >= 4 is 11.7 Å². The number of rotatable bonds is 10. The number of unbranched alkanes of at least 4 members (excludes halogenated alkanes) is 1. The lowest BCUT2D eigenvalue weighted by molar-refractivity contribution is 0.0940. The lowest BCUT2D eigenvalue weighted by Crippen LogP contribution is -2.30. The molecule has 5 nitrogen and oxygen atoms in total. The van der Waals surface area contributed by atoms with E-state index in [2.05, 4.69) is 41.4 Å². The van der Waals surface area contributed by atoms with Gasteiger partial charge in [0.05, 0.1) is 12.4 Å². The summed E-state index contributed by atoms with van der Waals surface area (Å²) in [4.78, 5) is 20.5. The molecule has 0 fully saturated rings. The minimum atomic E-state index is -0.141. The van der Waals surface area contributed by atoms with E-state index in [-0.39, 0.29) is 5.91 Å². The summed E-state index contributed by atoms with van der Waals surface area (Å²) in [5.74, 6) is 1.06. The van der Waals surface area contributed by atoms with Crippen LogP contribution < -0.4 is 10.6 Å². The zero-order valence-corrected chi connectivity index (χ0v) is 13.5. The second kappa shape index (κ2) is 10.1. The summed E-state index contributed by atoms with van der Waals surface area (Å²) in [5, 5.41) is 6.11. The second-order valence-corrected chi connectivity index (χ2v) is 5.34. The van der Waals surface area contributed by atoms with Crippen LogP contribution in [-0.4, -0.2) is 29.0 Å². The van der Waals surface area contributed by atoms with Crippen molar-refractivity contribution in [1.29, 1.82) is 0 Å². The van der Waals surface area contributed by atoms with Crippen molar-refractivity contribution in [3.63, 3.8) is 0 Å². The fraction of sp³-hybridized carbons (Fsp3) is 0.688. The molecule has 1 aromatic heterocycles. The molecule has 0 aliphatic rings. The third kappa shape index (κ3) is 6.56. The molecule has 0 radical (unpaired) electrons. The predicted molar refractivity (Wildman–Crippen MR) is 86.5 cm³/mol. The summed E-state index contributed by atoms with van der Waals surface area (Å²) in [6.45, 7) is 7.98. The van der Waals surface area contributed by atoms with Gasteiger partial charge >= 0.3 is 0 Å². The van der Waals surface area contributed by atoms with E-state index in [1.807, 2.05) is 0 Å². The Morgan fingerprint density at radius 1 is 1.24 bits per heavy atom. The largest absolute Gasteiger partial charge is 0.369 e. The second-order valence-electron chi connectivity index (χ2n) is 5.34. The molecule has 1 atom stereocenters. The minimum absolute atomic E-state index is 0.141. The van der Waals surface area contributed by atoms with E-state index in [1.54, 1.807) is 6.20 Å². The Morgan fingerprint density at radius 2 is 2.05 bits per heavy atom. The van der Waals surface area contributed by atoms with Crippen LogP contribution in [0.25, 0.3) is 0 Å². The Labute approximate surface area is 128 Å². The van der Waals surface area contributed by atoms with Crippen molar-refractivity contribution in [3.8, 4) is 0 Å². The molecule has 5 heteroatoms. The van der Waals surface area contributed by atoms with Crippen molar-refractivity contribution in [1.82, 2.24) is 15.3 Å². The van der Waals surface area contributed by atoms with Crippen LogP contribution in [0.2, 0.25) is 0 Å². The Hall–Kier alpha value is -1.65. The standard InChI is InChI=1S/C16H28N4O/c1-4-7-8-13(6-3)10-19-16(21)14-11-17-12-15(20-14)18-9-5-2/h11-13H,4-10H2,1-3H3,(H,18,20)(H,19,21). The molecule has 1 rings (SSSR count). The number of anilines is 1. The maximum atomic E-state index is 12.1. The van der Waals surface area contributed by atoms with Crippen molar-refractivity contribution in [2.45, 2.75) is 52.9 Å². The van der Waals surface area contributed by atoms with Crippen LogP contribution in [0, 0.1) is 5.92 Å². The maximum Gasteiger partial charge on any atom is 0.271 e. The molecule has 0 bridgehead atoms. The molecule has 1 amide bonds. The van der Waals surface area contributed by atoms with Gasteiger partial charge in [0.2, 0.25) is 0 Å². The maximum absolute atomic E-state index is 12.1. The molecular formula is C16H28N4O. The highest BCUT2D eigenvalue weighted by atomic mass is 16.1. The fourth-order valence-corrected chi connectivity index (χ4v) is 2.08. The van der Waals surface area contributed by atoms with Crippen LogP contribution in [-0.2, 0) is 0 Å². The molecular weight excluding hydrogens is 264 g/mol. The van der Waals surface area contributed by atoms with Crippen LogP contribution in [0.5, 0.6) is 0 Å². The number of nitrogens with one attached hydrogen (secondary N) is 2. The number of aromatic nitrogens is 2. The molecule has 0 aliphatic carbocycles. The quantitative estimate of drug-likeness (QED) is 0.694. The van der Waals surface area contributed by atoms with Crippen LogP contribution in [0.15, 0.2) is 12.4 Å². The lowest BCUT2D eigenvalue weighted by Gasteiger charge is -2.15. The summed E-state index contributed by atoms with van der Waals surface area (Å²) < 4.78 is 0. The van der Waals surface area contributed by atoms with Gasteiger partial charge in [-0.15, -0.1) is 0 Å². The van der Waals surface area contributed by atoms with Gasteiger partial charge in [-0.2, -0.15) is 0 Å². The number of hydrogen-bond donors (Lipinski definition) is 2. The highest BCUT2D eigenvalue weighted by molar-refractivity contribution is 5.92. The number of nitrogens with zero attached hydrogens (tertiary/aromatic N) is 2. The molecule has 118 valence electrons. The Bertz CT molecular complexity index is 422. The highest BCUT2D eigenvalue weighted by Crippen LogP contribution is 2.11. The van der Waals surface area contributed by atoms with Crippen LogP contribution in [0.3, 0.4) is 0 Å². The monoisotopic (exact) mass is 292 g/mol. The molecule has 0 saturated carbocycles. The van der Waals surface area contributed by atoms with Gasteiger partial charge in [-0.05, 0) is 18.8 Å². The molecule has 1 aromatic rings. The van der Waals surface area contributed by atoms with E-state index in [0.29, 0.717) is 24.0 Å². The van der Waals surface area contributed by atoms with Gasteiger partial charge < -0.3 is 10.6 Å². The van der Waals surface area contributed by atoms with Crippen molar-refractivity contribution in [3.05, 3.63) is 18.1 Å². The first-order chi connectivity index (χ1) is 10.2. The summed E-state index contributed by atoms with van der Waals surface area (Å²) in [7, 11) is 0. The normalized spacial score (nSPS) is 12.0. The number of hydrogen-bond acceptors (Lipinski definition) is 4. The van der Waals surface area contributed by atoms with Crippen molar-refractivity contribution < 1.29 is 4.79 Å². The smallest absolute Gasteiger partial charge is 0.271 e. The van der Waals surface area contributed by atoms with Gasteiger partial charge in [0.15, 0.2) is 0 Å². The number of carbonyl (C=O) groups excluding carboxylic acids is 1. The predicted octanol–water partition coefficient (Wildman–Crippen LogP) is 3.24. The first-order valence-corrected chi connectivity index (χ1v) is 8.05. The third-order valence-corrected chi connectivity index (χ3v) is 3.52. The Balaban J connectivity index is 2.50. The Kier molecular flexibility index (Phi) is 8.40. The van der Waals surface area contributed by atoms with Gasteiger partial charge in [0.25, 0.3) is 5.91 Å². The lowest BCUT2D eigenvalue weighted by atomic mass is 9.99. The van der Waals surface area contributed by atoms with E-state index in [0.717, 1.165) is 25.8 Å². The summed E-state index contributed by atoms with van der Waals surface area (Å²) >= 11 is 0. The van der Waals surface area contributed by atoms with Gasteiger partial charge in [-0.25, -0.2) is 4.98 Å². The number of carbonyl (C=O) groups is 1. The van der Waals surface area contributed by atoms with Gasteiger partial charge in [0.1, 0.15) is 11.5 Å². The average Bonchev–Trinajstić information content (AvgIpc) is 2.53. The van der Waals surface area contributed by atoms with Crippen molar-refractivity contribution in [2.75, 3.05) is 18.4 Å². The third-order valence-electron chi connectivity index (χ3n) is 3.52. The van der Waals surface area contributed by atoms with E-state index >= 15 is 0 Å². The van der Waals surface area contributed by atoms with E-state index < -0.39 is 0 Å². The highest BCUT2D eigenvalue weighted by Gasteiger charge is 2.11. The van der Waals surface area contributed by atoms with E-state index in [4.69, 9.17) is 0 Å². The fourth-order valence-electron chi connectivity index (χ4n) is 2.08. The van der Waals surface area contributed by atoms with Crippen LogP contribution in [0.1, 0.15) is 63.4 Å². The molecule has 0 aromatic carbocycles. The molecule has 0 aliphatic heterocycles. The van der Waals surface area contributed by atoms with Gasteiger partial charge in [-0.3, -0.25) is 9.78 Å². The zero-order chi connectivity index (χ0) is 15.5. The summed E-state index contributed by atoms with van der Waals surface area (Å²) in [6, 6.07) is 0. The first-order valence-electron chi connectivity index (χ1n) is 8.05. The zero-order valence-electron chi connectivity index (χ0n) is 13.5. The molecule has 2 N–H and O–H groups in total.